The van der Waals surface area contributed by atoms with Crippen molar-refractivity contribution >= 4 is 33.4 Å². The van der Waals surface area contributed by atoms with E-state index in [0.717, 1.165) is 17.6 Å². The Hall–Kier alpha value is -0.580. The third kappa shape index (κ3) is 3.12. The highest BCUT2D eigenvalue weighted by atomic mass is 79.9. The van der Waals surface area contributed by atoms with Gasteiger partial charge in [-0.3, -0.25) is 9.69 Å². The molecule has 104 valence electrons. The highest BCUT2D eigenvalue weighted by Gasteiger charge is 2.30. The molecule has 1 aliphatic rings. The summed E-state index contributed by atoms with van der Waals surface area (Å²) < 4.78 is 0.754. The van der Waals surface area contributed by atoms with Gasteiger partial charge in [0.25, 0.3) is 5.91 Å². The van der Waals surface area contributed by atoms with Gasteiger partial charge in [-0.1, -0.05) is 11.6 Å². The molecule has 0 aliphatic carbocycles. The lowest BCUT2D eigenvalue weighted by atomic mass is 10.1. The van der Waals surface area contributed by atoms with Crippen molar-refractivity contribution in [3.8, 4) is 0 Å². The number of hydrogen-bond acceptors (Lipinski definition) is 2. The van der Waals surface area contributed by atoms with Gasteiger partial charge in [-0.05, 0) is 55.0 Å². The Morgan fingerprint density at radius 2 is 1.89 bits per heavy atom. The van der Waals surface area contributed by atoms with Crippen LogP contribution in [-0.2, 0) is 0 Å². The predicted octanol–water partition coefficient (Wildman–Crippen LogP) is 3.27. The molecule has 19 heavy (non-hydrogen) atoms. The van der Waals surface area contributed by atoms with Crippen LogP contribution in [0.3, 0.4) is 0 Å². The molecular formula is C14H18BrClN2O. The fraction of sp³-hybridized carbons (Fsp3) is 0.500. The van der Waals surface area contributed by atoms with E-state index in [-0.39, 0.29) is 5.91 Å². The summed E-state index contributed by atoms with van der Waals surface area (Å²) in [5, 5.41) is 0.628. The Kier molecular flexibility index (Phi) is 4.54. The van der Waals surface area contributed by atoms with E-state index < -0.39 is 0 Å². The fourth-order valence-corrected chi connectivity index (χ4v) is 3.26. The number of amides is 1. The lowest BCUT2D eigenvalue weighted by Gasteiger charge is -2.42. The molecule has 0 aromatic heterocycles. The van der Waals surface area contributed by atoms with Crippen molar-refractivity contribution in [3.05, 3.63) is 33.3 Å². The zero-order valence-electron chi connectivity index (χ0n) is 11.4. The summed E-state index contributed by atoms with van der Waals surface area (Å²) in [6.07, 6.45) is 0. The minimum Gasteiger partial charge on any atom is -0.335 e. The predicted molar refractivity (Wildman–Crippen MR) is 81.7 cm³/mol. The number of halogens is 2. The molecule has 0 saturated carbocycles. The maximum atomic E-state index is 12.6. The smallest absolute Gasteiger partial charge is 0.255 e. The Bertz CT molecular complexity index is 482. The van der Waals surface area contributed by atoms with Crippen LogP contribution in [0.4, 0.5) is 0 Å². The van der Waals surface area contributed by atoms with Crippen molar-refractivity contribution in [3.63, 3.8) is 0 Å². The molecule has 0 radical (unpaired) electrons. The van der Waals surface area contributed by atoms with Gasteiger partial charge in [0.15, 0.2) is 0 Å². The van der Waals surface area contributed by atoms with Gasteiger partial charge in [-0.2, -0.15) is 0 Å². The van der Waals surface area contributed by atoms with Gasteiger partial charge in [0.2, 0.25) is 0 Å². The van der Waals surface area contributed by atoms with E-state index in [4.69, 9.17) is 11.6 Å². The molecule has 1 aromatic rings. The van der Waals surface area contributed by atoms with Crippen molar-refractivity contribution < 1.29 is 4.79 Å². The summed E-state index contributed by atoms with van der Waals surface area (Å²) in [6, 6.07) is 6.04. The highest BCUT2D eigenvalue weighted by molar-refractivity contribution is 9.10. The highest BCUT2D eigenvalue weighted by Crippen LogP contribution is 2.24. The third-order valence-corrected chi connectivity index (χ3v) is 4.70. The monoisotopic (exact) mass is 344 g/mol. The molecule has 2 rings (SSSR count). The van der Waals surface area contributed by atoms with Crippen LogP contribution in [0.2, 0.25) is 5.02 Å². The van der Waals surface area contributed by atoms with E-state index in [1.54, 1.807) is 18.2 Å². The van der Waals surface area contributed by atoms with Crippen LogP contribution in [-0.4, -0.2) is 47.9 Å². The Morgan fingerprint density at radius 3 is 2.42 bits per heavy atom. The van der Waals surface area contributed by atoms with Crippen LogP contribution in [0.1, 0.15) is 24.2 Å². The number of hydrogen-bond donors (Lipinski definition) is 0. The number of likely N-dealkylation sites (N-methyl/N-ethyl adjacent to an activating group) is 1. The minimum absolute atomic E-state index is 0.0651. The Balaban J connectivity index is 2.20. The van der Waals surface area contributed by atoms with Crippen LogP contribution in [0, 0.1) is 0 Å². The first kappa shape index (κ1) is 14.8. The number of rotatable bonds is 1. The maximum Gasteiger partial charge on any atom is 0.255 e. The summed E-state index contributed by atoms with van der Waals surface area (Å²) in [6.45, 7) is 5.81. The molecule has 0 bridgehead atoms. The van der Waals surface area contributed by atoms with Gasteiger partial charge in [0.1, 0.15) is 0 Å². The van der Waals surface area contributed by atoms with Crippen LogP contribution < -0.4 is 0 Å². The number of carbonyl (C=O) groups excluding carboxylic acids is 1. The van der Waals surface area contributed by atoms with E-state index in [2.05, 4.69) is 41.7 Å². The molecule has 5 heteroatoms. The van der Waals surface area contributed by atoms with E-state index in [0.29, 0.717) is 22.7 Å². The van der Waals surface area contributed by atoms with Gasteiger partial charge in [-0.15, -0.1) is 0 Å². The van der Waals surface area contributed by atoms with E-state index >= 15 is 0 Å². The lowest BCUT2D eigenvalue weighted by molar-refractivity contribution is 0.0413. The Labute approximate surface area is 127 Å². The van der Waals surface area contributed by atoms with Crippen LogP contribution >= 0.6 is 27.5 Å². The Morgan fingerprint density at radius 1 is 1.32 bits per heavy atom. The number of nitrogens with zero attached hydrogens (tertiary/aromatic N) is 2. The molecule has 0 spiro atoms. The molecule has 2 atom stereocenters. The zero-order chi connectivity index (χ0) is 14.2. The average molecular weight is 346 g/mol. The molecule has 1 amide bonds. The quantitative estimate of drug-likeness (QED) is 0.780. The summed E-state index contributed by atoms with van der Waals surface area (Å²) in [5.41, 5.74) is 0.674. The second kappa shape index (κ2) is 5.81. The van der Waals surface area contributed by atoms with E-state index in [9.17, 15) is 4.79 Å². The van der Waals surface area contributed by atoms with Crippen LogP contribution in [0.5, 0.6) is 0 Å². The van der Waals surface area contributed by atoms with Crippen molar-refractivity contribution in [2.75, 3.05) is 20.1 Å². The van der Waals surface area contributed by atoms with Gasteiger partial charge >= 0.3 is 0 Å². The first-order valence-corrected chi connectivity index (χ1v) is 7.53. The van der Waals surface area contributed by atoms with Gasteiger partial charge in [0.05, 0.1) is 5.56 Å². The van der Waals surface area contributed by atoms with E-state index in [1.165, 1.54) is 0 Å². The van der Waals surface area contributed by atoms with Crippen LogP contribution in [0.15, 0.2) is 22.7 Å². The van der Waals surface area contributed by atoms with Crippen LogP contribution in [0.25, 0.3) is 0 Å². The average Bonchev–Trinajstić information content (AvgIpc) is 2.34. The second-order valence-corrected chi connectivity index (χ2v) is 6.49. The summed E-state index contributed by atoms with van der Waals surface area (Å²) in [7, 11) is 2.11. The fourth-order valence-electron chi connectivity index (χ4n) is 2.40. The van der Waals surface area contributed by atoms with Gasteiger partial charge in [-0.25, -0.2) is 0 Å². The number of piperazine rings is 1. The number of carbonyl (C=O) groups is 1. The zero-order valence-corrected chi connectivity index (χ0v) is 13.7. The molecular weight excluding hydrogens is 328 g/mol. The van der Waals surface area contributed by atoms with Gasteiger partial charge < -0.3 is 4.90 Å². The molecule has 2 unspecified atom stereocenters. The summed E-state index contributed by atoms with van der Waals surface area (Å²) in [4.78, 5) is 16.8. The molecule has 3 nitrogen and oxygen atoms in total. The molecule has 1 aromatic carbocycles. The lowest BCUT2D eigenvalue weighted by Crippen LogP contribution is -2.56. The topological polar surface area (TPSA) is 23.6 Å². The molecule has 0 N–H and O–H groups in total. The van der Waals surface area contributed by atoms with Crippen molar-refractivity contribution in [1.82, 2.24) is 9.80 Å². The molecule has 1 aliphatic heterocycles. The normalized spacial score (nSPS) is 24.6. The van der Waals surface area contributed by atoms with Crippen molar-refractivity contribution in [1.29, 1.82) is 0 Å². The van der Waals surface area contributed by atoms with Crippen molar-refractivity contribution in [2.45, 2.75) is 25.9 Å². The summed E-state index contributed by atoms with van der Waals surface area (Å²) in [5.74, 6) is 0.0651. The minimum atomic E-state index is 0.0651. The van der Waals surface area contributed by atoms with Crippen molar-refractivity contribution in [2.24, 2.45) is 0 Å². The maximum absolute atomic E-state index is 12.6. The summed E-state index contributed by atoms with van der Waals surface area (Å²) >= 11 is 9.33. The molecule has 1 heterocycles. The SMILES string of the molecule is CC1CN(C(=O)c2ccc(Cl)cc2Br)CC(C)N1C. The third-order valence-electron chi connectivity index (χ3n) is 3.81. The molecule has 1 fully saturated rings. The number of benzene rings is 1. The first-order chi connectivity index (χ1) is 8.90. The largest absolute Gasteiger partial charge is 0.335 e. The van der Waals surface area contributed by atoms with Gasteiger partial charge in [0, 0.05) is 34.7 Å². The molecule has 1 saturated heterocycles. The second-order valence-electron chi connectivity index (χ2n) is 5.20. The van der Waals surface area contributed by atoms with E-state index in [1.807, 2.05) is 4.90 Å². The first-order valence-electron chi connectivity index (χ1n) is 6.36. The standard InChI is InChI=1S/C14H18BrClN2O/c1-9-7-18(8-10(2)17(9)3)14(19)12-5-4-11(16)6-13(12)15/h4-6,9-10H,7-8H2,1-3H3.